The molecule has 1 unspecified atom stereocenters. The van der Waals surface area contributed by atoms with Crippen molar-refractivity contribution in [1.82, 2.24) is 9.13 Å². The summed E-state index contributed by atoms with van der Waals surface area (Å²) in [6, 6.07) is 14.9. The third-order valence-electron chi connectivity index (χ3n) is 6.24. The molecule has 4 aromatic rings. The van der Waals surface area contributed by atoms with Crippen LogP contribution in [0.5, 0.6) is 5.75 Å². The highest BCUT2D eigenvalue weighted by atomic mass is 32.1. The van der Waals surface area contributed by atoms with Gasteiger partial charge in [0.1, 0.15) is 11.8 Å². The summed E-state index contributed by atoms with van der Waals surface area (Å²) in [5.41, 5.74) is 3.41. The van der Waals surface area contributed by atoms with Crippen LogP contribution in [0.2, 0.25) is 0 Å². The number of benzene rings is 2. The molecule has 0 N–H and O–H groups in total. The molecule has 1 atom stereocenters. The molecule has 2 aromatic carbocycles. The SMILES string of the molecule is CCOC(=O)C1=C(C)N=c2s/c(=C/c3cn(C)c4ccccc34)c(=O)n2C1c1ccccc1OCC. The van der Waals surface area contributed by atoms with E-state index < -0.39 is 12.0 Å². The molecule has 0 fully saturated rings. The van der Waals surface area contributed by atoms with Gasteiger partial charge in [-0.05, 0) is 39.0 Å². The first-order valence-corrected chi connectivity index (χ1v) is 12.7. The summed E-state index contributed by atoms with van der Waals surface area (Å²) >= 11 is 1.31. The van der Waals surface area contributed by atoms with Gasteiger partial charge in [-0.1, -0.05) is 47.7 Å². The molecule has 7 nitrogen and oxygen atoms in total. The first kappa shape index (κ1) is 23.8. The van der Waals surface area contributed by atoms with Crippen molar-refractivity contribution in [3.05, 3.63) is 96.8 Å². The quantitative estimate of drug-likeness (QED) is 0.378. The number of hydrogen-bond acceptors (Lipinski definition) is 6. The van der Waals surface area contributed by atoms with Crippen molar-refractivity contribution in [3.8, 4) is 5.75 Å². The number of nitrogens with zero attached hydrogens (tertiary/aromatic N) is 3. The molecule has 0 saturated heterocycles. The van der Waals surface area contributed by atoms with E-state index in [0.717, 1.165) is 22.0 Å². The number of rotatable bonds is 6. The van der Waals surface area contributed by atoms with E-state index in [2.05, 4.69) is 4.99 Å². The number of aromatic nitrogens is 2. The van der Waals surface area contributed by atoms with Crippen LogP contribution in [0, 0.1) is 0 Å². The lowest BCUT2D eigenvalue weighted by molar-refractivity contribution is -0.139. The maximum absolute atomic E-state index is 13.9. The molecule has 8 heteroatoms. The summed E-state index contributed by atoms with van der Waals surface area (Å²) in [4.78, 5) is 32.2. The molecule has 1 aliphatic rings. The molecule has 1 aliphatic heterocycles. The summed E-state index contributed by atoms with van der Waals surface area (Å²) < 4.78 is 15.5. The van der Waals surface area contributed by atoms with Crippen LogP contribution in [0.4, 0.5) is 0 Å². The van der Waals surface area contributed by atoms with Crippen molar-refractivity contribution in [2.24, 2.45) is 12.0 Å². The van der Waals surface area contributed by atoms with Crippen LogP contribution in [0.25, 0.3) is 17.0 Å². The molecule has 184 valence electrons. The molecule has 0 aliphatic carbocycles. The second-order valence-corrected chi connectivity index (χ2v) is 9.49. The monoisotopic (exact) mass is 501 g/mol. The van der Waals surface area contributed by atoms with Crippen LogP contribution in [-0.2, 0) is 16.6 Å². The average Bonchev–Trinajstić information content (AvgIpc) is 3.35. The smallest absolute Gasteiger partial charge is 0.338 e. The fourth-order valence-electron chi connectivity index (χ4n) is 4.71. The summed E-state index contributed by atoms with van der Waals surface area (Å²) in [7, 11) is 1.99. The van der Waals surface area contributed by atoms with Crippen molar-refractivity contribution in [2.75, 3.05) is 13.2 Å². The molecule has 0 amide bonds. The van der Waals surface area contributed by atoms with Gasteiger partial charge in [0.25, 0.3) is 5.56 Å². The summed E-state index contributed by atoms with van der Waals surface area (Å²) in [6.45, 7) is 6.12. The third kappa shape index (κ3) is 3.97. The Morgan fingerprint density at radius 1 is 1.11 bits per heavy atom. The van der Waals surface area contributed by atoms with Crippen molar-refractivity contribution < 1.29 is 14.3 Å². The number of allylic oxidation sites excluding steroid dienone is 1. The van der Waals surface area contributed by atoms with Crippen molar-refractivity contribution in [3.63, 3.8) is 0 Å². The Balaban J connectivity index is 1.77. The number of thiazole rings is 1. The van der Waals surface area contributed by atoms with E-state index in [9.17, 15) is 9.59 Å². The van der Waals surface area contributed by atoms with E-state index in [-0.39, 0.29) is 12.2 Å². The van der Waals surface area contributed by atoms with Gasteiger partial charge in [0.05, 0.1) is 29.0 Å². The number of carbonyl (C=O) groups excluding carboxylic acids is 1. The van der Waals surface area contributed by atoms with Gasteiger partial charge < -0.3 is 14.0 Å². The Hall–Kier alpha value is -3.91. The lowest BCUT2D eigenvalue weighted by Gasteiger charge is -2.26. The molecule has 0 bridgehead atoms. The molecular formula is C28H27N3O4S. The lowest BCUT2D eigenvalue weighted by Crippen LogP contribution is -2.40. The van der Waals surface area contributed by atoms with Gasteiger partial charge in [-0.3, -0.25) is 9.36 Å². The topological polar surface area (TPSA) is 74.8 Å². The highest BCUT2D eigenvalue weighted by Crippen LogP contribution is 2.35. The Morgan fingerprint density at radius 2 is 1.86 bits per heavy atom. The van der Waals surface area contributed by atoms with Gasteiger partial charge in [-0.2, -0.15) is 0 Å². The second-order valence-electron chi connectivity index (χ2n) is 8.49. The van der Waals surface area contributed by atoms with Gasteiger partial charge in [-0.25, -0.2) is 9.79 Å². The largest absolute Gasteiger partial charge is 0.494 e. The van der Waals surface area contributed by atoms with E-state index in [4.69, 9.17) is 9.47 Å². The Bertz CT molecular complexity index is 1690. The number of fused-ring (bicyclic) bond motifs is 2. The third-order valence-corrected chi connectivity index (χ3v) is 7.23. The fourth-order valence-corrected chi connectivity index (χ4v) is 5.75. The number of aryl methyl sites for hydroxylation is 1. The molecular weight excluding hydrogens is 474 g/mol. The normalized spacial score (nSPS) is 15.7. The second kappa shape index (κ2) is 9.62. The van der Waals surface area contributed by atoms with Crippen molar-refractivity contribution in [1.29, 1.82) is 0 Å². The highest BCUT2D eigenvalue weighted by Gasteiger charge is 2.35. The minimum absolute atomic E-state index is 0.211. The number of para-hydroxylation sites is 2. The fraction of sp³-hybridized carbons (Fsp3) is 0.250. The summed E-state index contributed by atoms with van der Waals surface area (Å²) in [5.74, 6) is 0.128. The zero-order valence-electron chi connectivity index (χ0n) is 20.6. The first-order valence-electron chi connectivity index (χ1n) is 11.9. The Kier molecular flexibility index (Phi) is 6.36. The minimum Gasteiger partial charge on any atom is -0.494 e. The van der Waals surface area contributed by atoms with Gasteiger partial charge >= 0.3 is 5.97 Å². The molecule has 2 aromatic heterocycles. The van der Waals surface area contributed by atoms with Crippen LogP contribution in [0.15, 0.2) is 75.8 Å². The molecule has 0 saturated carbocycles. The highest BCUT2D eigenvalue weighted by molar-refractivity contribution is 7.07. The van der Waals surface area contributed by atoms with Gasteiger partial charge in [-0.15, -0.1) is 0 Å². The maximum Gasteiger partial charge on any atom is 0.338 e. The average molecular weight is 502 g/mol. The Labute approximate surface area is 212 Å². The van der Waals surface area contributed by atoms with Crippen LogP contribution in [0.1, 0.15) is 37.9 Å². The first-order chi connectivity index (χ1) is 17.4. The maximum atomic E-state index is 13.9. The van der Waals surface area contributed by atoms with Crippen LogP contribution < -0.4 is 19.6 Å². The summed E-state index contributed by atoms with van der Waals surface area (Å²) in [5, 5.41) is 1.06. The van der Waals surface area contributed by atoms with Crippen LogP contribution in [-0.4, -0.2) is 28.3 Å². The van der Waals surface area contributed by atoms with E-state index in [1.165, 1.54) is 11.3 Å². The molecule has 5 rings (SSSR count). The van der Waals surface area contributed by atoms with E-state index >= 15 is 0 Å². The zero-order valence-corrected chi connectivity index (χ0v) is 21.5. The van der Waals surface area contributed by atoms with Crippen LogP contribution in [0.3, 0.4) is 0 Å². The molecule has 36 heavy (non-hydrogen) atoms. The minimum atomic E-state index is -0.710. The van der Waals surface area contributed by atoms with Gasteiger partial charge in [0.15, 0.2) is 4.80 Å². The predicted molar refractivity (Wildman–Crippen MR) is 141 cm³/mol. The number of hydrogen-bond donors (Lipinski definition) is 0. The summed E-state index contributed by atoms with van der Waals surface area (Å²) in [6.07, 6.45) is 3.92. The Morgan fingerprint density at radius 3 is 2.64 bits per heavy atom. The van der Waals surface area contributed by atoms with Crippen molar-refractivity contribution in [2.45, 2.75) is 26.8 Å². The van der Waals surface area contributed by atoms with Crippen LogP contribution >= 0.6 is 11.3 Å². The van der Waals surface area contributed by atoms with Gasteiger partial charge in [0.2, 0.25) is 0 Å². The lowest BCUT2D eigenvalue weighted by atomic mass is 9.95. The zero-order chi connectivity index (χ0) is 25.4. The molecule has 0 radical (unpaired) electrons. The van der Waals surface area contributed by atoms with Crippen molar-refractivity contribution >= 4 is 34.3 Å². The number of ether oxygens (including phenoxy) is 2. The van der Waals surface area contributed by atoms with E-state index in [0.29, 0.717) is 33.0 Å². The van der Waals surface area contributed by atoms with Gasteiger partial charge in [0, 0.05) is 35.3 Å². The standard InChI is InChI=1S/C28H27N3O4S/c1-5-34-22-14-10-8-12-20(22)25-24(27(33)35-6-2)17(3)29-28-31(25)26(32)23(36-28)15-18-16-30(4)21-13-9-7-11-19(18)21/h7-16,25H,5-6H2,1-4H3/b23-15+. The number of esters is 1. The molecule has 0 spiro atoms. The van der Waals surface area contributed by atoms with E-state index in [1.54, 1.807) is 18.4 Å². The molecule has 3 heterocycles. The van der Waals surface area contributed by atoms with E-state index in [1.807, 2.05) is 79.3 Å². The predicted octanol–water partition coefficient (Wildman–Crippen LogP) is 3.69. The number of carbonyl (C=O) groups is 1.